The van der Waals surface area contributed by atoms with Crippen LogP contribution in [0.3, 0.4) is 0 Å². The first-order valence-corrected chi connectivity index (χ1v) is 8.24. The smallest absolute Gasteiger partial charge is 0.258 e. The molecular weight excluding hydrogens is 410 g/mol. The first-order chi connectivity index (χ1) is 12.7. The van der Waals surface area contributed by atoms with Gasteiger partial charge < -0.3 is 21.5 Å². The number of nitrogens with one attached hydrogen (secondary N) is 2. The molecule has 0 heterocycles. The van der Waals surface area contributed by atoms with E-state index >= 15 is 0 Å². The molecule has 0 aliphatic heterocycles. The number of rotatable bonds is 7. The van der Waals surface area contributed by atoms with Gasteiger partial charge in [-0.1, -0.05) is 29.8 Å². The van der Waals surface area contributed by atoms with Crippen molar-refractivity contribution < 1.29 is 18.7 Å². The average Bonchev–Trinajstić information content (AvgIpc) is 2.62. The molecule has 0 aromatic heterocycles. The second kappa shape index (κ2) is 9.91. The van der Waals surface area contributed by atoms with Gasteiger partial charge in [-0.15, -0.1) is 12.4 Å². The largest absolute Gasteiger partial charge is 0.481 e. The molecule has 0 saturated carbocycles. The number of hydrogen-bond donors (Lipinski definition) is 4. The van der Waals surface area contributed by atoms with E-state index in [1.165, 1.54) is 31.2 Å². The number of nitrogen functional groups attached to an aromatic ring is 1. The Morgan fingerprint density at radius 2 is 1.96 bits per heavy atom. The Bertz CT molecular complexity index is 908. The van der Waals surface area contributed by atoms with Crippen molar-refractivity contribution >= 4 is 41.7 Å². The fourth-order valence-electron chi connectivity index (χ4n) is 2.18. The van der Waals surface area contributed by atoms with Gasteiger partial charge in [0.2, 0.25) is 0 Å². The molecule has 0 fully saturated rings. The summed E-state index contributed by atoms with van der Waals surface area (Å²) in [5.41, 5.74) is 11.3. The van der Waals surface area contributed by atoms with Crippen molar-refractivity contribution in [1.29, 1.82) is 5.41 Å². The van der Waals surface area contributed by atoms with E-state index in [9.17, 15) is 14.0 Å². The standard InChI is InChI=1S/C18H18ClFN4O3.ClH/c1-9(17(23)25)27-14-7-10(16(21)22)5-6-11(14)8-24-18(26)12-3-2-4-13(19)15(12)20;/h2-7,9H,8H2,1H3,(H3,21,22)(H2,23,25)(H,24,26);1H. The summed E-state index contributed by atoms with van der Waals surface area (Å²) in [6, 6.07) is 8.71. The summed E-state index contributed by atoms with van der Waals surface area (Å²) in [6.45, 7) is 1.44. The Hall–Kier alpha value is -2.84. The maximum Gasteiger partial charge on any atom is 0.258 e. The monoisotopic (exact) mass is 428 g/mol. The second-order valence-corrected chi connectivity index (χ2v) is 6.09. The Kier molecular flexibility index (Phi) is 8.21. The predicted octanol–water partition coefficient (Wildman–Crippen LogP) is 2.37. The molecule has 6 N–H and O–H groups in total. The Morgan fingerprint density at radius 3 is 2.57 bits per heavy atom. The molecule has 0 radical (unpaired) electrons. The molecular formula is C18H19Cl2FN4O3. The highest BCUT2D eigenvalue weighted by molar-refractivity contribution is 6.31. The molecule has 2 rings (SSSR count). The van der Waals surface area contributed by atoms with Crippen LogP contribution in [0.2, 0.25) is 5.02 Å². The molecule has 0 aliphatic rings. The summed E-state index contributed by atoms with van der Waals surface area (Å²) < 4.78 is 19.5. The van der Waals surface area contributed by atoms with Crippen LogP contribution >= 0.6 is 24.0 Å². The van der Waals surface area contributed by atoms with E-state index in [2.05, 4.69) is 5.32 Å². The highest BCUT2D eigenvalue weighted by Gasteiger charge is 2.17. The third-order valence-electron chi connectivity index (χ3n) is 3.72. The summed E-state index contributed by atoms with van der Waals surface area (Å²) in [6.07, 6.45) is -0.938. The van der Waals surface area contributed by atoms with Crippen LogP contribution in [0.5, 0.6) is 5.75 Å². The molecule has 2 aromatic carbocycles. The molecule has 1 atom stereocenters. The zero-order chi connectivity index (χ0) is 20.1. The molecule has 2 amide bonds. The number of carbonyl (C=O) groups is 2. The number of primary amides is 1. The first-order valence-electron chi connectivity index (χ1n) is 7.86. The molecule has 10 heteroatoms. The number of carbonyl (C=O) groups excluding carboxylic acids is 2. The van der Waals surface area contributed by atoms with Crippen molar-refractivity contribution in [2.75, 3.05) is 0 Å². The van der Waals surface area contributed by atoms with Gasteiger partial charge in [0.25, 0.3) is 11.8 Å². The summed E-state index contributed by atoms with van der Waals surface area (Å²) in [4.78, 5) is 23.5. The van der Waals surface area contributed by atoms with E-state index in [0.717, 1.165) is 0 Å². The summed E-state index contributed by atoms with van der Waals surface area (Å²) >= 11 is 5.68. The van der Waals surface area contributed by atoms with Gasteiger partial charge in [0.15, 0.2) is 11.9 Å². The van der Waals surface area contributed by atoms with Crippen LogP contribution in [0.25, 0.3) is 0 Å². The molecule has 0 saturated heterocycles. The highest BCUT2D eigenvalue weighted by Crippen LogP contribution is 2.23. The van der Waals surface area contributed by atoms with Gasteiger partial charge in [0, 0.05) is 17.7 Å². The van der Waals surface area contributed by atoms with E-state index in [0.29, 0.717) is 11.1 Å². The normalized spacial score (nSPS) is 11.1. The number of amidine groups is 1. The zero-order valence-electron chi connectivity index (χ0n) is 14.8. The Morgan fingerprint density at radius 1 is 1.29 bits per heavy atom. The number of benzene rings is 2. The second-order valence-electron chi connectivity index (χ2n) is 5.68. The van der Waals surface area contributed by atoms with E-state index in [1.54, 1.807) is 12.1 Å². The molecule has 7 nitrogen and oxygen atoms in total. The quantitative estimate of drug-likeness (QED) is 0.398. The topological polar surface area (TPSA) is 131 Å². The van der Waals surface area contributed by atoms with Gasteiger partial charge >= 0.3 is 0 Å². The lowest BCUT2D eigenvalue weighted by atomic mass is 10.1. The minimum atomic E-state index is -0.938. The highest BCUT2D eigenvalue weighted by atomic mass is 35.5. The van der Waals surface area contributed by atoms with E-state index < -0.39 is 23.7 Å². The average molecular weight is 429 g/mol. The van der Waals surface area contributed by atoms with Crippen molar-refractivity contribution in [2.45, 2.75) is 19.6 Å². The molecule has 150 valence electrons. The van der Waals surface area contributed by atoms with Crippen molar-refractivity contribution in [3.05, 3.63) is 63.9 Å². The maximum absolute atomic E-state index is 14.0. The fourth-order valence-corrected chi connectivity index (χ4v) is 2.35. The molecule has 0 aliphatic carbocycles. The Labute approximate surface area is 172 Å². The maximum atomic E-state index is 14.0. The van der Waals surface area contributed by atoms with Gasteiger partial charge in [-0.05, 0) is 25.1 Å². The van der Waals surface area contributed by atoms with Crippen molar-refractivity contribution in [2.24, 2.45) is 11.5 Å². The van der Waals surface area contributed by atoms with Crippen LogP contribution in [0.1, 0.15) is 28.4 Å². The van der Waals surface area contributed by atoms with E-state index in [1.807, 2.05) is 0 Å². The molecule has 2 aromatic rings. The van der Waals surface area contributed by atoms with E-state index in [4.69, 9.17) is 33.2 Å². The van der Waals surface area contributed by atoms with Crippen LogP contribution < -0.4 is 21.5 Å². The summed E-state index contributed by atoms with van der Waals surface area (Å²) in [5.74, 6) is -2.13. The number of nitrogens with two attached hydrogens (primary N) is 2. The molecule has 28 heavy (non-hydrogen) atoms. The van der Waals surface area contributed by atoms with Gasteiger partial charge in [0.05, 0.1) is 10.6 Å². The third kappa shape index (κ3) is 5.58. The Balaban J connectivity index is 0.00000392. The lowest BCUT2D eigenvalue weighted by Gasteiger charge is -2.17. The summed E-state index contributed by atoms with van der Waals surface area (Å²) in [5, 5.41) is 9.90. The van der Waals surface area contributed by atoms with Crippen molar-refractivity contribution in [1.82, 2.24) is 5.32 Å². The summed E-state index contributed by atoms with van der Waals surface area (Å²) in [7, 11) is 0. The SMILES string of the molecule is CC(Oc1cc(C(=N)N)ccc1CNC(=O)c1cccc(Cl)c1F)C(N)=O.Cl. The van der Waals surface area contributed by atoms with E-state index in [-0.39, 0.29) is 41.1 Å². The lowest BCUT2D eigenvalue weighted by molar-refractivity contribution is -0.124. The molecule has 1 unspecified atom stereocenters. The van der Waals surface area contributed by atoms with Crippen LogP contribution in [0.4, 0.5) is 4.39 Å². The van der Waals surface area contributed by atoms with Crippen LogP contribution in [-0.4, -0.2) is 23.8 Å². The third-order valence-corrected chi connectivity index (χ3v) is 4.01. The number of halogens is 3. The van der Waals surface area contributed by atoms with Gasteiger partial charge in [-0.3, -0.25) is 15.0 Å². The van der Waals surface area contributed by atoms with Crippen molar-refractivity contribution in [3.8, 4) is 5.75 Å². The zero-order valence-corrected chi connectivity index (χ0v) is 16.4. The number of amides is 2. The van der Waals surface area contributed by atoms with Crippen LogP contribution in [-0.2, 0) is 11.3 Å². The molecule has 0 spiro atoms. The predicted molar refractivity (Wildman–Crippen MR) is 107 cm³/mol. The first kappa shape index (κ1) is 23.2. The number of hydrogen-bond acceptors (Lipinski definition) is 4. The minimum Gasteiger partial charge on any atom is -0.481 e. The van der Waals surface area contributed by atoms with Gasteiger partial charge in [0.1, 0.15) is 11.6 Å². The van der Waals surface area contributed by atoms with Gasteiger partial charge in [-0.25, -0.2) is 4.39 Å². The number of ether oxygens (including phenoxy) is 1. The fraction of sp³-hybridized carbons (Fsp3) is 0.167. The molecule has 0 bridgehead atoms. The minimum absolute atomic E-state index is 0. The van der Waals surface area contributed by atoms with Crippen molar-refractivity contribution in [3.63, 3.8) is 0 Å². The van der Waals surface area contributed by atoms with Crippen LogP contribution in [0, 0.1) is 11.2 Å². The van der Waals surface area contributed by atoms with Crippen LogP contribution in [0.15, 0.2) is 36.4 Å². The van der Waals surface area contributed by atoms with Gasteiger partial charge in [-0.2, -0.15) is 0 Å². The lowest BCUT2D eigenvalue weighted by Crippen LogP contribution is -2.31.